The number of hydrogen-bond donors (Lipinski definition) is 3. The van der Waals surface area contributed by atoms with Crippen LogP contribution in [0.3, 0.4) is 0 Å². The van der Waals surface area contributed by atoms with Crippen LogP contribution in [-0.4, -0.2) is 17.6 Å². The van der Waals surface area contributed by atoms with E-state index in [2.05, 4.69) is 42.1 Å². The summed E-state index contributed by atoms with van der Waals surface area (Å²) in [4.78, 5) is 11.8. The number of benzene rings is 2. The molecule has 0 aromatic heterocycles. The molecule has 2 rings (SSSR count). The van der Waals surface area contributed by atoms with Gasteiger partial charge in [0.25, 0.3) is 0 Å². The summed E-state index contributed by atoms with van der Waals surface area (Å²) in [5, 5.41) is 3.35. The quantitative estimate of drug-likeness (QED) is 0.531. The second-order valence-electron chi connectivity index (χ2n) is 6.32. The zero-order valence-corrected chi connectivity index (χ0v) is 16.2. The molecule has 0 radical (unpaired) electrons. The Kier molecular flexibility index (Phi) is 7.41. The smallest absolute Gasteiger partial charge is 0.241 e. The van der Waals surface area contributed by atoms with E-state index in [1.54, 1.807) is 0 Å². The largest absolute Gasteiger partial charge is 0.493 e. The lowest BCUT2D eigenvalue weighted by molar-refractivity contribution is -0.122. The Hall–Kier alpha value is -2.60. The molecule has 0 unspecified atom stereocenters. The molecule has 0 spiro atoms. The fourth-order valence-electron chi connectivity index (χ4n) is 2.20. The van der Waals surface area contributed by atoms with Gasteiger partial charge >= 0.3 is 0 Å². The first-order valence-electron chi connectivity index (χ1n) is 8.59. The lowest BCUT2D eigenvalue weighted by Crippen LogP contribution is -2.44. The van der Waals surface area contributed by atoms with E-state index in [9.17, 15) is 4.79 Å². The van der Waals surface area contributed by atoms with Crippen molar-refractivity contribution in [3.8, 4) is 5.75 Å². The number of ether oxygens (including phenoxy) is 1. The normalized spacial score (nSPS) is 10.3. The van der Waals surface area contributed by atoms with E-state index in [1.807, 2.05) is 43.3 Å². The van der Waals surface area contributed by atoms with Crippen LogP contribution in [0.1, 0.15) is 37.3 Å². The first kappa shape index (κ1) is 19.7. The predicted octanol–water partition coefficient (Wildman–Crippen LogP) is 3.91. The summed E-state index contributed by atoms with van der Waals surface area (Å²) in [6, 6.07) is 15.7. The summed E-state index contributed by atoms with van der Waals surface area (Å²) in [6.07, 6.45) is 0.229. The van der Waals surface area contributed by atoms with E-state index in [4.69, 9.17) is 17.0 Å². The molecule has 0 heterocycles. The molecule has 0 saturated carbocycles. The molecule has 5 nitrogen and oxygen atoms in total. The van der Waals surface area contributed by atoms with Crippen LogP contribution in [0.15, 0.2) is 48.5 Å². The zero-order valence-electron chi connectivity index (χ0n) is 15.3. The number of amides is 1. The van der Waals surface area contributed by atoms with Gasteiger partial charge in [-0.15, -0.1) is 0 Å². The number of hydrogen-bond acceptors (Lipinski definition) is 3. The van der Waals surface area contributed by atoms with Gasteiger partial charge in [-0.2, -0.15) is 0 Å². The Morgan fingerprint density at radius 2 is 1.69 bits per heavy atom. The minimum atomic E-state index is -0.198. The van der Waals surface area contributed by atoms with E-state index in [0.29, 0.717) is 17.6 Å². The minimum absolute atomic E-state index is 0.198. The molecule has 0 aliphatic heterocycles. The SMILES string of the molecule is Cc1ccc(OCCC(=O)NNC(=S)Nc2ccc(C(C)C)cc2)cc1. The first-order chi connectivity index (χ1) is 12.4. The highest BCUT2D eigenvalue weighted by Crippen LogP contribution is 2.17. The lowest BCUT2D eigenvalue weighted by Gasteiger charge is -2.13. The maximum Gasteiger partial charge on any atom is 0.241 e. The average Bonchev–Trinajstić information content (AvgIpc) is 2.62. The molecule has 138 valence electrons. The molecule has 0 aliphatic rings. The first-order valence-corrected chi connectivity index (χ1v) is 9.00. The number of anilines is 1. The van der Waals surface area contributed by atoms with Crippen LogP contribution in [0.5, 0.6) is 5.75 Å². The molecule has 6 heteroatoms. The van der Waals surface area contributed by atoms with Gasteiger partial charge in [0.1, 0.15) is 5.75 Å². The Balaban J connectivity index is 1.66. The molecule has 0 fully saturated rings. The van der Waals surface area contributed by atoms with Crippen LogP contribution < -0.4 is 20.9 Å². The fraction of sp³-hybridized carbons (Fsp3) is 0.300. The molecule has 1 amide bonds. The van der Waals surface area contributed by atoms with E-state index >= 15 is 0 Å². The summed E-state index contributed by atoms with van der Waals surface area (Å²) in [5.74, 6) is 1.03. The molecule has 3 N–H and O–H groups in total. The standard InChI is InChI=1S/C20H25N3O2S/c1-14(2)16-6-8-17(9-7-16)21-20(26)23-22-19(24)12-13-25-18-10-4-15(3)5-11-18/h4-11,14H,12-13H2,1-3H3,(H,22,24)(H2,21,23,26). The summed E-state index contributed by atoms with van der Waals surface area (Å²) in [7, 11) is 0. The third kappa shape index (κ3) is 6.72. The second-order valence-corrected chi connectivity index (χ2v) is 6.72. The van der Waals surface area contributed by atoms with Crippen molar-refractivity contribution < 1.29 is 9.53 Å². The molecule has 0 aliphatic carbocycles. The third-order valence-corrected chi connectivity index (χ3v) is 3.97. The minimum Gasteiger partial charge on any atom is -0.493 e. The van der Waals surface area contributed by atoms with Crippen molar-refractivity contribution in [1.82, 2.24) is 10.9 Å². The molecule has 0 saturated heterocycles. The van der Waals surface area contributed by atoms with Crippen molar-refractivity contribution in [1.29, 1.82) is 0 Å². The van der Waals surface area contributed by atoms with Gasteiger partial charge in [-0.3, -0.25) is 15.6 Å². The van der Waals surface area contributed by atoms with E-state index < -0.39 is 0 Å². The average molecular weight is 372 g/mol. The molecular formula is C20H25N3O2S. The number of hydrazine groups is 1. The Bertz CT molecular complexity index is 728. The Morgan fingerprint density at radius 1 is 1.04 bits per heavy atom. The molecule has 2 aromatic rings. The van der Waals surface area contributed by atoms with Crippen LogP contribution in [0.4, 0.5) is 5.69 Å². The maximum atomic E-state index is 11.8. The summed E-state index contributed by atoms with van der Waals surface area (Å²) in [5.41, 5.74) is 8.54. The van der Waals surface area contributed by atoms with Crippen LogP contribution in [-0.2, 0) is 4.79 Å². The van der Waals surface area contributed by atoms with Crippen molar-refractivity contribution in [2.45, 2.75) is 33.1 Å². The molecule has 26 heavy (non-hydrogen) atoms. The highest BCUT2D eigenvalue weighted by atomic mass is 32.1. The van der Waals surface area contributed by atoms with Gasteiger partial charge < -0.3 is 10.1 Å². The van der Waals surface area contributed by atoms with Crippen LogP contribution in [0, 0.1) is 6.92 Å². The second kappa shape index (κ2) is 9.77. The monoisotopic (exact) mass is 371 g/mol. The summed E-state index contributed by atoms with van der Waals surface area (Å²) < 4.78 is 5.53. The van der Waals surface area contributed by atoms with Gasteiger partial charge in [0.2, 0.25) is 5.91 Å². The molecule has 0 bridgehead atoms. The number of thiocarbonyl (C=S) groups is 1. The Labute approximate surface area is 160 Å². The summed E-state index contributed by atoms with van der Waals surface area (Å²) >= 11 is 5.17. The van der Waals surface area contributed by atoms with E-state index in [1.165, 1.54) is 11.1 Å². The maximum absolute atomic E-state index is 11.8. The zero-order chi connectivity index (χ0) is 18.9. The van der Waals surface area contributed by atoms with Gasteiger partial charge in [0.15, 0.2) is 5.11 Å². The number of rotatable bonds is 6. The molecule has 0 atom stereocenters. The highest BCUT2D eigenvalue weighted by Gasteiger charge is 2.04. The van der Waals surface area contributed by atoms with Crippen LogP contribution >= 0.6 is 12.2 Å². The summed E-state index contributed by atoms with van der Waals surface area (Å²) in [6.45, 7) is 6.60. The van der Waals surface area contributed by atoms with Gasteiger partial charge in [0, 0.05) is 5.69 Å². The van der Waals surface area contributed by atoms with Gasteiger partial charge in [-0.05, 0) is 54.9 Å². The highest BCUT2D eigenvalue weighted by molar-refractivity contribution is 7.80. The molecular weight excluding hydrogens is 346 g/mol. The van der Waals surface area contributed by atoms with Gasteiger partial charge in [-0.25, -0.2) is 0 Å². The Morgan fingerprint density at radius 3 is 2.31 bits per heavy atom. The lowest BCUT2D eigenvalue weighted by atomic mass is 10.0. The number of nitrogens with one attached hydrogen (secondary N) is 3. The topological polar surface area (TPSA) is 62.4 Å². The fourth-order valence-corrected chi connectivity index (χ4v) is 2.37. The van der Waals surface area contributed by atoms with Crippen LogP contribution in [0.25, 0.3) is 0 Å². The van der Waals surface area contributed by atoms with Crippen molar-refractivity contribution in [2.75, 3.05) is 11.9 Å². The van der Waals surface area contributed by atoms with Crippen molar-refractivity contribution >= 4 is 28.9 Å². The van der Waals surface area contributed by atoms with Crippen molar-refractivity contribution in [3.63, 3.8) is 0 Å². The molecule has 2 aromatic carbocycles. The number of aryl methyl sites for hydroxylation is 1. The number of carbonyl (C=O) groups is 1. The van der Waals surface area contributed by atoms with Crippen molar-refractivity contribution in [2.24, 2.45) is 0 Å². The van der Waals surface area contributed by atoms with Gasteiger partial charge in [0.05, 0.1) is 13.0 Å². The number of carbonyl (C=O) groups excluding carboxylic acids is 1. The van der Waals surface area contributed by atoms with E-state index in [-0.39, 0.29) is 12.3 Å². The van der Waals surface area contributed by atoms with Crippen molar-refractivity contribution in [3.05, 3.63) is 59.7 Å². The van der Waals surface area contributed by atoms with Gasteiger partial charge in [-0.1, -0.05) is 43.7 Å². The van der Waals surface area contributed by atoms with E-state index in [0.717, 1.165) is 11.4 Å². The third-order valence-electron chi connectivity index (χ3n) is 3.77. The predicted molar refractivity (Wildman–Crippen MR) is 109 cm³/mol. The van der Waals surface area contributed by atoms with Crippen LogP contribution in [0.2, 0.25) is 0 Å².